The molecule has 8 heteroatoms. The fourth-order valence-electron chi connectivity index (χ4n) is 3.15. The van der Waals surface area contributed by atoms with Crippen molar-refractivity contribution in [2.75, 3.05) is 20.0 Å². The number of nitrogens with one attached hydrogen (secondary N) is 1. The number of aromatic nitrogens is 2. The van der Waals surface area contributed by atoms with Crippen molar-refractivity contribution in [3.05, 3.63) is 58.4 Å². The summed E-state index contributed by atoms with van der Waals surface area (Å²) in [5.74, 6) is 1.21. The van der Waals surface area contributed by atoms with Crippen molar-refractivity contribution in [1.29, 1.82) is 0 Å². The quantitative estimate of drug-likeness (QED) is 0.417. The van der Waals surface area contributed by atoms with E-state index >= 15 is 0 Å². The Morgan fingerprint density at radius 3 is 2.67 bits per heavy atom. The highest BCUT2D eigenvalue weighted by Crippen LogP contribution is 2.30. The van der Waals surface area contributed by atoms with Gasteiger partial charge < -0.3 is 14.8 Å². The molecule has 0 aliphatic rings. The fraction of sp³-hybridized carbons (Fsp3) is 0.318. The van der Waals surface area contributed by atoms with Crippen LogP contribution in [0, 0.1) is 0 Å². The molecule has 0 bridgehead atoms. The highest BCUT2D eigenvalue weighted by molar-refractivity contribution is 7.99. The second-order valence-electron chi connectivity index (χ2n) is 6.59. The summed E-state index contributed by atoms with van der Waals surface area (Å²) in [7, 11) is 3.14. The van der Waals surface area contributed by atoms with Gasteiger partial charge >= 0.3 is 0 Å². The Kier molecular flexibility index (Phi) is 7.35. The number of para-hydroxylation sites is 2. The lowest BCUT2D eigenvalue weighted by Crippen LogP contribution is -2.27. The van der Waals surface area contributed by atoms with E-state index in [0.717, 1.165) is 12.0 Å². The minimum Gasteiger partial charge on any atom is -0.493 e. The Morgan fingerprint density at radius 1 is 1.13 bits per heavy atom. The molecule has 0 saturated heterocycles. The van der Waals surface area contributed by atoms with Crippen LogP contribution in [0.2, 0.25) is 0 Å². The van der Waals surface area contributed by atoms with Gasteiger partial charge in [0.25, 0.3) is 5.56 Å². The number of amides is 1. The summed E-state index contributed by atoms with van der Waals surface area (Å²) in [6.07, 6.45) is 0.801. The summed E-state index contributed by atoms with van der Waals surface area (Å²) >= 11 is 1.26. The van der Waals surface area contributed by atoms with Gasteiger partial charge in [0.2, 0.25) is 5.91 Å². The maximum absolute atomic E-state index is 12.8. The first-order valence-electron chi connectivity index (χ1n) is 9.68. The van der Waals surface area contributed by atoms with Crippen molar-refractivity contribution in [3.63, 3.8) is 0 Å². The summed E-state index contributed by atoms with van der Waals surface area (Å²) in [6.45, 7) is 2.87. The number of ether oxygens (including phenoxy) is 2. The molecule has 0 saturated carbocycles. The molecule has 0 radical (unpaired) electrons. The predicted molar refractivity (Wildman–Crippen MR) is 118 cm³/mol. The van der Waals surface area contributed by atoms with Crippen molar-refractivity contribution >= 4 is 28.6 Å². The number of fused-ring (bicyclic) bond motifs is 1. The second-order valence-corrected chi connectivity index (χ2v) is 7.53. The average Bonchev–Trinajstić information content (AvgIpc) is 2.78. The molecule has 3 rings (SSSR count). The molecule has 2 aromatic carbocycles. The van der Waals surface area contributed by atoms with E-state index in [1.807, 2.05) is 37.3 Å². The Bertz CT molecular complexity index is 1100. The topological polar surface area (TPSA) is 82.5 Å². The molecule has 0 atom stereocenters. The standard InChI is InChI=1S/C22H25N3O4S/c1-4-12-25-21(27)16-9-5-6-10-17(16)24-22(25)30-14-19(26)23-13-15-8-7-11-18(28-2)20(15)29-3/h5-11H,4,12-14H2,1-3H3,(H,23,26). The van der Waals surface area contributed by atoms with Crippen LogP contribution < -0.4 is 20.3 Å². The van der Waals surface area contributed by atoms with Gasteiger partial charge in [0.1, 0.15) is 0 Å². The minimum absolute atomic E-state index is 0.0773. The van der Waals surface area contributed by atoms with E-state index in [1.54, 1.807) is 30.9 Å². The van der Waals surface area contributed by atoms with Crippen molar-refractivity contribution < 1.29 is 14.3 Å². The maximum Gasteiger partial charge on any atom is 0.262 e. The number of benzene rings is 2. The second kappa shape index (κ2) is 10.2. The van der Waals surface area contributed by atoms with Gasteiger partial charge in [-0.3, -0.25) is 14.2 Å². The summed E-state index contributed by atoms with van der Waals surface area (Å²) in [5.41, 5.74) is 1.38. The molecule has 0 unspecified atom stereocenters. The first-order valence-corrected chi connectivity index (χ1v) is 10.7. The SMILES string of the molecule is CCCn1c(SCC(=O)NCc2cccc(OC)c2OC)nc2ccccc2c1=O. The molecule has 0 aliphatic heterocycles. The van der Waals surface area contributed by atoms with E-state index in [0.29, 0.717) is 40.6 Å². The van der Waals surface area contributed by atoms with Crippen LogP contribution in [-0.2, 0) is 17.9 Å². The number of nitrogens with zero attached hydrogens (tertiary/aromatic N) is 2. The number of hydrogen-bond acceptors (Lipinski definition) is 6. The van der Waals surface area contributed by atoms with Gasteiger partial charge in [-0.1, -0.05) is 43.0 Å². The molecule has 1 aromatic heterocycles. The average molecular weight is 428 g/mol. The van der Waals surface area contributed by atoms with Gasteiger partial charge in [0.15, 0.2) is 16.7 Å². The molecule has 7 nitrogen and oxygen atoms in total. The maximum atomic E-state index is 12.8. The fourth-order valence-corrected chi connectivity index (χ4v) is 4.00. The van der Waals surface area contributed by atoms with Gasteiger partial charge in [-0.15, -0.1) is 0 Å². The lowest BCUT2D eigenvalue weighted by Gasteiger charge is -2.14. The predicted octanol–water partition coefficient (Wildman–Crippen LogP) is 3.23. The lowest BCUT2D eigenvalue weighted by molar-refractivity contribution is -0.118. The number of carbonyl (C=O) groups is 1. The minimum atomic E-state index is -0.157. The molecule has 0 aliphatic carbocycles. The Labute approximate surface area is 179 Å². The lowest BCUT2D eigenvalue weighted by atomic mass is 10.2. The molecule has 0 fully saturated rings. The molecule has 3 aromatic rings. The number of carbonyl (C=O) groups excluding carboxylic acids is 1. The van der Waals surface area contributed by atoms with Crippen LogP contribution in [0.25, 0.3) is 10.9 Å². The molecule has 1 N–H and O–H groups in total. The van der Waals surface area contributed by atoms with Gasteiger partial charge in [0, 0.05) is 18.7 Å². The van der Waals surface area contributed by atoms with E-state index in [1.165, 1.54) is 11.8 Å². The highest BCUT2D eigenvalue weighted by Gasteiger charge is 2.14. The molecular formula is C22H25N3O4S. The number of thioether (sulfide) groups is 1. The van der Waals surface area contributed by atoms with Crippen LogP contribution in [-0.4, -0.2) is 35.4 Å². The third-order valence-corrected chi connectivity index (χ3v) is 5.54. The van der Waals surface area contributed by atoms with E-state index in [-0.39, 0.29) is 17.2 Å². The van der Waals surface area contributed by atoms with Crippen LogP contribution in [0.4, 0.5) is 0 Å². The third kappa shape index (κ3) is 4.76. The third-order valence-electron chi connectivity index (χ3n) is 4.57. The van der Waals surface area contributed by atoms with E-state index < -0.39 is 0 Å². The van der Waals surface area contributed by atoms with Crippen LogP contribution >= 0.6 is 11.8 Å². The molecule has 0 spiro atoms. The zero-order chi connectivity index (χ0) is 21.5. The van der Waals surface area contributed by atoms with Crippen molar-refractivity contribution in [3.8, 4) is 11.5 Å². The summed E-state index contributed by atoms with van der Waals surface area (Å²) in [5, 5.41) is 4.03. The monoisotopic (exact) mass is 427 g/mol. The molecular weight excluding hydrogens is 402 g/mol. The molecule has 158 valence electrons. The number of methoxy groups -OCH3 is 2. The van der Waals surface area contributed by atoms with E-state index in [4.69, 9.17) is 9.47 Å². The first-order chi connectivity index (χ1) is 14.6. The molecule has 1 amide bonds. The molecule has 1 heterocycles. The van der Waals surface area contributed by atoms with Gasteiger partial charge in [-0.25, -0.2) is 4.98 Å². The van der Waals surface area contributed by atoms with Crippen LogP contribution in [0.15, 0.2) is 52.4 Å². The summed E-state index contributed by atoms with van der Waals surface area (Å²) in [4.78, 5) is 29.9. The van der Waals surface area contributed by atoms with Gasteiger partial charge in [-0.2, -0.15) is 0 Å². The smallest absolute Gasteiger partial charge is 0.262 e. The largest absolute Gasteiger partial charge is 0.493 e. The normalized spacial score (nSPS) is 10.8. The summed E-state index contributed by atoms with van der Waals surface area (Å²) < 4.78 is 12.3. The number of hydrogen-bond donors (Lipinski definition) is 1. The van der Waals surface area contributed by atoms with Gasteiger partial charge in [0.05, 0.1) is 30.9 Å². The Morgan fingerprint density at radius 2 is 1.93 bits per heavy atom. The highest BCUT2D eigenvalue weighted by atomic mass is 32.2. The summed E-state index contributed by atoms with van der Waals surface area (Å²) in [6, 6.07) is 12.8. The number of rotatable bonds is 9. The van der Waals surface area contributed by atoms with Gasteiger partial charge in [-0.05, 0) is 24.6 Å². The van der Waals surface area contributed by atoms with Crippen molar-refractivity contribution in [1.82, 2.24) is 14.9 Å². The molecule has 30 heavy (non-hydrogen) atoms. The zero-order valence-electron chi connectivity index (χ0n) is 17.3. The van der Waals surface area contributed by atoms with E-state index in [9.17, 15) is 9.59 Å². The zero-order valence-corrected chi connectivity index (χ0v) is 18.1. The Hall–Kier alpha value is -3.00. The van der Waals surface area contributed by atoms with E-state index in [2.05, 4.69) is 10.3 Å². The first kappa shape index (κ1) is 21.7. The van der Waals surface area contributed by atoms with Crippen molar-refractivity contribution in [2.45, 2.75) is 31.6 Å². The van der Waals surface area contributed by atoms with Crippen LogP contribution in [0.3, 0.4) is 0 Å². The van der Waals surface area contributed by atoms with Crippen LogP contribution in [0.1, 0.15) is 18.9 Å². The Balaban J connectivity index is 1.71. The van der Waals surface area contributed by atoms with Crippen LogP contribution in [0.5, 0.6) is 11.5 Å². The van der Waals surface area contributed by atoms with Crippen molar-refractivity contribution in [2.24, 2.45) is 0 Å².